The monoisotopic (exact) mass is 269 g/mol. The van der Waals surface area contributed by atoms with E-state index in [9.17, 15) is 5.11 Å². The summed E-state index contributed by atoms with van der Waals surface area (Å²) < 4.78 is 5.51. The summed E-state index contributed by atoms with van der Waals surface area (Å²) in [5.41, 5.74) is 1.08. The van der Waals surface area contributed by atoms with Gasteiger partial charge in [-0.15, -0.1) is 0 Å². The van der Waals surface area contributed by atoms with Crippen molar-refractivity contribution >= 4 is 11.6 Å². The molecule has 1 saturated heterocycles. The molecule has 1 aromatic rings. The van der Waals surface area contributed by atoms with Gasteiger partial charge in [-0.05, 0) is 43.6 Å². The Morgan fingerprint density at radius 1 is 1.22 bits per heavy atom. The smallest absolute Gasteiger partial charge is 0.0900 e. The van der Waals surface area contributed by atoms with Crippen LogP contribution in [0.15, 0.2) is 24.3 Å². The van der Waals surface area contributed by atoms with Crippen LogP contribution in [0.3, 0.4) is 0 Å². The summed E-state index contributed by atoms with van der Waals surface area (Å²) in [5, 5.41) is 10.6. The molecule has 0 spiro atoms. The van der Waals surface area contributed by atoms with Gasteiger partial charge in [0.25, 0.3) is 0 Å². The molecule has 1 atom stereocenters. The summed E-state index contributed by atoms with van der Waals surface area (Å²) in [6.07, 6.45) is 2.10. The van der Waals surface area contributed by atoms with Crippen molar-refractivity contribution in [1.29, 1.82) is 0 Å². The van der Waals surface area contributed by atoms with Crippen LogP contribution >= 0.6 is 11.6 Å². The third kappa shape index (κ3) is 4.58. The maximum Gasteiger partial charge on any atom is 0.0900 e. The number of rotatable bonds is 6. The summed E-state index contributed by atoms with van der Waals surface area (Å²) in [6.45, 7) is 3.84. The van der Waals surface area contributed by atoms with Crippen LogP contribution < -0.4 is 0 Å². The van der Waals surface area contributed by atoms with Crippen LogP contribution in [0.4, 0.5) is 0 Å². The Kier molecular flexibility index (Phi) is 5.45. The lowest BCUT2D eigenvalue weighted by molar-refractivity contribution is 0.0134. The average molecular weight is 270 g/mol. The Hall–Kier alpha value is -0.610. The molecule has 0 amide bonds. The van der Waals surface area contributed by atoms with Crippen LogP contribution in [-0.2, 0) is 11.3 Å². The van der Waals surface area contributed by atoms with Crippen molar-refractivity contribution in [2.75, 3.05) is 26.2 Å². The maximum atomic E-state index is 9.84. The van der Waals surface area contributed by atoms with E-state index in [-0.39, 0.29) is 0 Å². The average Bonchev–Trinajstić information content (AvgIpc) is 2.84. The zero-order valence-corrected chi connectivity index (χ0v) is 11.3. The van der Waals surface area contributed by atoms with Gasteiger partial charge in [-0.3, -0.25) is 0 Å². The second kappa shape index (κ2) is 7.10. The van der Waals surface area contributed by atoms with Gasteiger partial charge in [0.05, 0.1) is 19.3 Å². The van der Waals surface area contributed by atoms with E-state index in [1.54, 1.807) is 0 Å². The Morgan fingerprint density at radius 3 is 2.56 bits per heavy atom. The quantitative estimate of drug-likeness (QED) is 0.860. The molecule has 0 radical (unpaired) electrons. The summed E-state index contributed by atoms with van der Waals surface area (Å²) >= 11 is 5.80. The van der Waals surface area contributed by atoms with Crippen molar-refractivity contribution in [3.8, 4) is 0 Å². The number of ether oxygens (including phenoxy) is 1. The summed E-state index contributed by atoms with van der Waals surface area (Å²) in [7, 11) is 0. The minimum Gasteiger partial charge on any atom is -0.389 e. The number of hydrogen-bond acceptors (Lipinski definition) is 3. The molecule has 1 heterocycles. The SMILES string of the molecule is O[C@@H](COCc1ccc(Cl)cc1)CN1CCCC1. The molecule has 1 N–H and O–H groups in total. The predicted molar refractivity (Wildman–Crippen MR) is 72.8 cm³/mol. The molecular weight excluding hydrogens is 250 g/mol. The molecular formula is C14H20ClNO2. The highest BCUT2D eigenvalue weighted by molar-refractivity contribution is 6.30. The Balaban J connectivity index is 1.63. The largest absolute Gasteiger partial charge is 0.389 e. The van der Waals surface area contributed by atoms with Gasteiger partial charge in [0.1, 0.15) is 0 Å². The minimum atomic E-state index is -0.393. The standard InChI is InChI=1S/C14H20ClNO2/c15-13-5-3-12(4-6-13)10-18-11-14(17)9-16-7-1-2-8-16/h3-6,14,17H,1-2,7-11H2/t14-/m1/s1. The van der Waals surface area contributed by atoms with E-state index >= 15 is 0 Å². The van der Waals surface area contributed by atoms with Crippen LogP contribution in [0.25, 0.3) is 0 Å². The lowest BCUT2D eigenvalue weighted by atomic mass is 10.2. The number of aliphatic hydroxyl groups is 1. The lowest BCUT2D eigenvalue weighted by Gasteiger charge is -2.19. The van der Waals surface area contributed by atoms with Crippen LogP contribution in [0.1, 0.15) is 18.4 Å². The first-order valence-corrected chi connectivity index (χ1v) is 6.84. The van der Waals surface area contributed by atoms with Crippen molar-refractivity contribution < 1.29 is 9.84 Å². The molecule has 0 saturated carbocycles. The van der Waals surface area contributed by atoms with E-state index < -0.39 is 6.10 Å². The number of likely N-dealkylation sites (tertiary alicyclic amines) is 1. The van der Waals surface area contributed by atoms with Crippen molar-refractivity contribution in [2.24, 2.45) is 0 Å². The van der Waals surface area contributed by atoms with Crippen LogP contribution in [0.2, 0.25) is 5.02 Å². The van der Waals surface area contributed by atoms with Gasteiger partial charge in [-0.1, -0.05) is 23.7 Å². The summed E-state index contributed by atoms with van der Waals surface area (Å²) in [5.74, 6) is 0. The van der Waals surface area contributed by atoms with Gasteiger partial charge < -0.3 is 14.7 Å². The molecule has 1 aliphatic rings. The fourth-order valence-corrected chi connectivity index (χ4v) is 2.34. The molecule has 1 aliphatic heterocycles. The maximum absolute atomic E-state index is 9.84. The number of hydrogen-bond donors (Lipinski definition) is 1. The zero-order valence-electron chi connectivity index (χ0n) is 10.5. The number of benzene rings is 1. The molecule has 3 nitrogen and oxygen atoms in total. The number of aliphatic hydroxyl groups excluding tert-OH is 1. The summed E-state index contributed by atoms with van der Waals surface area (Å²) in [6, 6.07) is 7.58. The molecule has 0 aromatic heterocycles. The van der Waals surface area contributed by atoms with Gasteiger partial charge in [0, 0.05) is 11.6 Å². The zero-order chi connectivity index (χ0) is 12.8. The molecule has 1 aromatic carbocycles. The van der Waals surface area contributed by atoms with Gasteiger partial charge in [0.15, 0.2) is 0 Å². The van der Waals surface area contributed by atoms with E-state index in [4.69, 9.17) is 16.3 Å². The van der Waals surface area contributed by atoms with E-state index in [2.05, 4.69) is 4.90 Å². The highest BCUT2D eigenvalue weighted by atomic mass is 35.5. The second-order valence-corrected chi connectivity index (χ2v) is 5.24. The Morgan fingerprint density at radius 2 is 1.89 bits per heavy atom. The van der Waals surface area contributed by atoms with E-state index in [0.717, 1.165) is 30.2 Å². The van der Waals surface area contributed by atoms with E-state index in [0.29, 0.717) is 13.2 Å². The van der Waals surface area contributed by atoms with Gasteiger partial charge in [0.2, 0.25) is 0 Å². The molecule has 100 valence electrons. The summed E-state index contributed by atoms with van der Waals surface area (Å²) in [4.78, 5) is 2.29. The molecule has 4 heteroatoms. The van der Waals surface area contributed by atoms with Crippen molar-refractivity contribution in [3.63, 3.8) is 0 Å². The normalized spacial score (nSPS) is 18.1. The molecule has 18 heavy (non-hydrogen) atoms. The Bertz CT molecular complexity index is 349. The van der Waals surface area contributed by atoms with E-state index in [1.165, 1.54) is 12.8 Å². The number of halogens is 1. The topological polar surface area (TPSA) is 32.7 Å². The number of nitrogens with zero attached hydrogens (tertiary/aromatic N) is 1. The van der Waals surface area contributed by atoms with Gasteiger partial charge >= 0.3 is 0 Å². The fraction of sp³-hybridized carbons (Fsp3) is 0.571. The fourth-order valence-electron chi connectivity index (χ4n) is 2.21. The second-order valence-electron chi connectivity index (χ2n) is 4.80. The molecule has 1 fully saturated rings. The molecule has 0 bridgehead atoms. The highest BCUT2D eigenvalue weighted by Gasteiger charge is 2.15. The lowest BCUT2D eigenvalue weighted by Crippen LogP contribution is -2.32. The highest BCUT2D eigenvalue weighted by Crippen LogP contribution is 2.11. The van der Waals surface area contributed by atoms with Crippen molar-refractivity contribution in [3.05, 3.63) is 34.9 Å². The van der Waals surface area contributed by atoms with Crippen LogP contribution in [0, 0.1) is 0 Å². The van der Waals surface area contributed by atoms with Crippen molar-refractivity contribution in [2.45, 2.75) is 25.6 Å². The first kappa shape index (κ1) is 13.8. The predicted octanol–water partition coefficient (Wildman–Crippen LogP) is 2.31. The van der Waals surface area contributed by atoms with Gasteiger partial charge in [-0.2, -0.15) is 0 Å². The van der Waals surface area contributed by atoms with Gasteiger partial charge in [-0.25, -0.2) is 0 Å². The first-order chi connectivity index (χ1) is 8.74. The molecule has 2 rings (SSSR count). The minimum absolute atomic E-state index is 0.388. The van der Waals surface area contributed by atoms with Crippen molar-refractivity contribution in [1.82, 2.24) is 4.90 Å². The molecule has 0 aliphatic carbocycles. The molecule has 0 unspecified atom stereocenters. The third-order valence-corrected chi connectivity index (χ3v) is 3.41. The van der Waals surface area contributed by atoms with Crippen LogP contribution in [-0.4, -0.2) is 42.4 Å². The third-order valence-electron chi connectivity index (χ3n) is 3.16. The number of β-amino-alcohol motifs (C(OH)–C–C–N with tert-alkyl or cyclic N) is 1. The van der Waals surface area contributed by atoms with E-state index in [1.807, 2.05) is 24.3 Å². The Labute approximate surface area is 113 Å². The first-order valence-electron chi connectivity index (χ1n) is 6.46. The van der Waals surface area contributed by atoms with Crippen LogP contribution in [0.5, 0.6) is 0 Å².